The van der Waals surface area contributed by atoms with Crippen LogP contribution in [0.15, 0.2) is 0 Å². The molecule has 1 rings (SSSR count). The number of hydrogen-bond acceptors (Lipinski definition) is 3. The van der Waals surface area contributed by atoms with Gasteiger partial charge in [-0.05, 0) is 45.7 Å². The van der Waals surface area contributed by atoms with Gasteiger partial charge in [-0.1, -0.05) is 0 Å². The maximum absolute atomic E-state index is 10.8. The molecule has 0 bridgehead atoms. The van der Waals surface area contributed by atoms with Gasteiger partial charge < -0.3 is 15.2 Å². The van der Waals surface area contributed by atoms with Gasteiger partial charge in [-0.3, -0.25) is 4.79 Å². The fraction of sp³-hybridized carbons (Fsp3) is 0.909. The van der Waals surface area contributed by atoms with Crippen LogP contribution in [0.3, 0.4) is 0 Å². The number of carbonyl (C=O) groups is 1. The van der Waals surface area contributed by atoms with Gasteiger partial charge in [0.25, 0.3) is 0 Å². The lowest BCUT2D eigenvalue weighted by molar-refractivity contribution is -0.150. The molecule has 4 heteroatoms. The molecule has 0 aromatic carbocycles. The first-order valence-corrected chi connectivity index (χ1v) is 5.54. The van der Waals surface area contributed by atoms with Crippen molar-refractivity contribution in [1.82, 2.24) is 5.32 Å². The van der Waals surface area contributed by atoms with Crippen LogP contribution in [0.1, 0.15) is 26.7 Å². The van der Waals surface area contributed by atoms with E-state index in [2.05, 4.69) is 5.32 Å². The number of rotatable bonds is 5. The number of aliphatic carboxylic acids is 1. The molecule has 88 valence electrons. The van der Waals surface area contributed by atoms with Gasteiger partial charge in [0.1, 0.15) is 0 Å². The summed E-state index contributed by atoms with van der Waals surface area (Å²) in [7, 11) is 0. The average molecular weight is 215 g/mol. The molecule has 0 atom stereocenters. The predicted molar refractivity (Wildman–Crippen MR) is 57.8 cm³/mol. The van der Waals surface area contributed by atoms with Crippen LogP contribution in [-0.4, -0.2) is 37.4 Å². The van der Waals surface area contributed by atoms with Crippen LogP contribution in [0.25, 0.3) is 0 Å². The van der Waals surface area contributed by atoms with E-state index in [1.807, 2.05) is 0 Å². The maximum atomic E-state index is 10.8. The molecule has 0 radical (unpaired) electrons. The maximum Gasteiger partial charge on any atom is 0.311 e. The topological polar surface area (TPSA) is 58.6 Å². The van der Waals surface area contributed by atoms with Gasteiger partial charge in [0.15, 0.2) is 0 Å². The summed E-state index contributed by atoms with van der Waals surface area (Å²) in [6.07, 6.45) is 2.26. The SMILES string of the molecule is CC(C)(COCC1CCNCC1)C(=O)O. The Morgan fingerprint density at radius 3 is 2.60 bits per heavy atom. The summed E-state index contributed by atoms with van der Waals surface area (Å²) in [6.45, 7) is 6.48. The molecule has 1 fully saturated rings. The molecule has 0 amide bonds. The van der Waals surface area contributed by atoms with E-state index in [-0.39, 0.29) is 0 Å². The van der Waals surface area contributed by atoms with Gasteiger partial charge >= 0.3 is 5.97 Å². The van der Waals surface area contributed by atoms with Gasteiger partial charge in [-0.25, -0.2) is 0 Å². The monoisotopic (exact) mass is 215 g/mol. The summed E-state index contributed by atoms with van der Waals surface area (Å²) in [5, 5.41) is 12.2. The zero-order chi connectivity index (χ0) is 11.3. The van der Waals surface area contributed by atoms with E-state index in [4.69, 9.17) is 9.84 Å². The van der Waals surface area contributed by atoms with E-state index < -0.39 is 11.4 Å². The summed E-state index contributed by atoms with van der Waals surface area (Å²) in [5.41, 5.74) is -0.771. The van der Waals surface area contributed by atoms with Crippen molar-refractivity contribution < 1.29 is 14.6 Å². The van der Waals surface area contributed by atoms with Gasteiger partial charge in [0, 0.05) is 6.61 Å². The summed E-state index contributed by atoms with van der Waals surface area (Å²) < 4.78 is 5.49. The van der Waals surface area contributed by atoms with Crippen LogP contribution in [-0.2, 0) is 9.53 Å². The normalized spacial score (nSPS) is 19.1. The predicted octanol–water partition coefficient (Wildman–Crippen LogP) is 1.11. The lowest BCUT2D eigenvalue weighted by Crippen LogP contribution is -2.33. The van der Waals surface area contributed by atoms with E-state index in [1.54, 1.807) is 13.8 Å². The van der Waals surface area contributed by atoms with E-state index in [0.29, 0.717) is 19.1 Å². The number of hydrogen-bond donors (Lipinski definition) is 2. The Kier molecular flexibility index (Phi) is 4.54. The molecular formula is C11H21NO3. The van der Waals surface area contributed by atoms with E-state index in [0.717, 1.165) is 25.9 Å². The number of carboxylic acid groups (broad SMARTS) is 1. The Hall–Kier alpha value is -0.610. The first kappa shape index (κ1) is 12.5. The van der Waals surface area contributed by atoms with Crippen molar-refractivity contribution in [2.75, 3.05) is 26.3 Å². The molecule has 1 heterocycles. The summed E-state index contributed by atoms with van der Waals surface area (Å²) in [6, 6.07) is 0. The molecule has 1 aliphatic rings. The van der Waals surface area contributed by atoms with Crippen LogP contribution in [0.5, 0.6) is 0 Å². The van der Waals surface area contributed by atoms with Gasteiger partial charge in [0.05, 0.1) is 12.0 Å². The van der Waals surface area contributed by atoms with E-state index in [9.17, 15) is 4.79 Å². The Bertz CT molecular complexity index is 210. The Balaban J connectivity index is 2.17. The van der Waals surface area contributed by atoms with Crippen LogP contribution < -0.4 is 5.32 Å². The second-order valence-electron chi connectivity index (χ2n) is 4.90. The minimum atomic E-state index is -0.798. The molecule has 0 aromatic rings. The lowest BCUT2D eigenvalue weighted by atomic mass is 9.95. The van der Waals surface area contributed by atoms with Crippen molar-refractivity contribution in [3.63, 3.8) is 0 Å². The lowest BCUT2D eigenvalue weighted by Gasteiger charge is -2.25. The smallest absolute Gasteiger partial charge is 0.311 e. The molecule has 2 N–H and O–H groups in total. The second-order valence-corrected chi connectivity index (χ2v) is 4.90. The molecule has 0 aliphatic carbocycles. The molecule has 0 saturated carbocycles. The molecule has 15 heavy (non-hydrogen) atoms. The zero-order valence-electron chi connectivity index (χ0n) is 9.58. The first-order chi connectivity index (χ1) is 7.02. The van der Waals surface area contributed by atoms with Crippen molar-refractivity contribution in [2.24, 2.45) is 11.3 Å². The number of nitrogens with one attached hydrogen (secondary N) is 1. The third-order valence-corrected chi connectivity index (χ3v) is 2.85. The molecule has 1 aliphatic heterocycles. The fourth-order valence-corrected chi connectivity index (χ4v) is 1.59. The highest BCUT2D eigenvalue weighted by Gasteiger charge is 2.27. The molecule has 0 unspecified atom stereocenters. The number of carboxylic acids is 1. The highest BCUT2D eigenvalue weighted by atomic mass is 16.5. The average Bonchev–Trinajstić information content (AvgIpc) is 2.19. The highest BCUT2D eigenvalue weighted by Crippen LogP contribution is 2.18. The molecule has 4 nitrogen and oxygen atoms in total. The standard InChI is InChI=1S/C11H21NO3/c1-11(2,10(13)14)8-15-7-9-3-5-12-6-4-9/h9,12H,3-8H2,1-2H3,(H,13,14). The number of piperidine rings is 1. The first-order valence-electron chi connectivity index (χ1n) is 5.54. The van der Waals surface area contributed by atoms with Crippen LogP contribution in [0, 0.1) is 11.3 Å². The van der Waals surface area contributed by atoms with Crippen LogP contribution in [0.4, 0.5) is 0 Å². The third-order valence-electron chi connectivity index (χ3n) is 2.85. The summed E-state index contributed by atoms with van der Waals surface area (Å²) in [5.74, 6) is -0.205. The zero-order valence-corrected chi connectivity index (χ0v) is 9.58. The Labute approximate surface area is 91.0 Å². The summed E-state index contributed by atoms with van der Waals surface area (Å²) in [4.78, 5) is 10.8. The largest absolute Gasteiger partial charge is 0.481 e. The summed E-state index contributed by atoms with van der Waals surface area (Å²) >= 11 is 0. The number of ether oxygens (including phenoxy) is 1. The second kappa shape index (κ2) is 5.47. The van der Waals surface area contributed by atoms with Crippen molar-refractivity contribution >= 4 is 5.97 Å². The van der Waals surface area contributed by atoms with Crippen LogP contribution in [0.2, 0.25) is 0 Å². The molecular weight excluding hydrogens is 194 g/mol. The molecule has 0 aromatic heterocycles. The van der Waals surface area contributed by atoms with Crippen molar-refractivity contribution in [2.45, 2.75) is 26.7 Å². The quantitative estimate of drug-likeness (QED) is 0.721. The highest BCUT2D eigenvalue weighted by molar-refractivity contribution is 5.73. The van der Waals surface area contributed by atoms with E-state index >= 15 is 0 Å². The van der Waals surface area contributed by atoms with Crippen molar-refractivity contribution in [3.8, 4) is 0 Å². The Morgan fingerprint density at radius 2 is 2.07 bits per heavy atom. The molecule has 0 spiro atoms. The van der Waals surface area contributed by atoms with Crippen molar-refractivity contribution in [1.29, 1.82) is 0 Å². The van der Waals surface area contributed by atoms with Crippen molar-refractivity contribution in [3.05, 3.63) is 0 Å². The fourth-order valence-electron chi connectivity index (χ4n) is 1.59. The molecule has 1 saturated heterocycles. The minimum absolute atomic E-state index is 0.298. The van der Waals surface area contributed by atoms with Gasteiger partial charge in [0.2, 0.25) is 0 Å². The van der Waals surface area contributed by atoms with Gasteiger partial charge in [-0.15, -0.1) is 0 Å². The van der Waals surface area contributed by atoms with Crippen LogP contribution >= 0.6 is 0 Å². The third kappa shape index (κ3) is 4.18. The minimum Gasteiger partial charge on any atom is -0.481 e. The Morgan fingerprint density at radius 1 is 1.47 bits per heavy atom. The van der Waals surface area contributed by atoms with Gasteiger partial charge in [-0.2, -0.15) is 0 Å². The van der Waals surface area contributed by atoms with E-state index in [1.165, 1.54) is 0 Å².